The summed E-state index contributed by atoms with van der Waals surface area (Å²) in [7, 11) is 0. The van der Waals surface area contributed by atoms with Gasteiger partial charge in [0.2, 0.25) is 0 Å². The SMILES string of the molecule is c1ccc(-c2ccc(-c3cc(-c4cccc(-c5cc(-c6ccc(-c7ccccc7)cc6)nc(-c6ccc(-c7ccc8nc(-c9ccccc9)n(-c9ccc(-c%10c%11ccccc%11c(-c%11ccc%12ccccc%12c%11)c%11ccccc%10%11)cc9)c8c7)cc6)c5)c4)cc(-c4ccccc4)n3)cc2)cc1. The highest BCUT2D eigenvalue weighted by Gasteiger charge is 2.21. The number of fused-ring (bicyclic) bond motifs is 4. The molecule has 0 spiro atoms. The van der Waals surface area contributed by atoms with Crippen LogP contribution in [0.5, 0.6) is 0 Å². The van der Waals surface area contributed by atoms with Crippen molar-refractivity contribution in [1.82, 2.24) is 19.5 Å². The van der Waals surface area contributed by atoms with Gasteiger partial charge in [0.05, 0.1) is 33.8 Å². The van der Waals surface area contributed by atoms with Gasteiger partial charge in [0.1, 0.15) is 5.82 Å². The molecular formula is C95H62N4. The molecule has 0 fully saturated rings. The molecule has 4 nitrogen and oxygen atoms in total. The molecule has 0 saturated carbocycles. The zero-order valence-electron chi connectivity index (χ0n) is 54.1. The second kappa shape index (κ2) is 25.2. The Morgan fingerprint density at radius 1 is 0.182 bits per heavy atom. The molecule has 4 heteroatoms. The lowest BCUT2D eigenvalue weighted by molar-refractivity contribution is 1.10. The molecule has 0 amide bonds. The maximum Gasteiger partial charge on any atom is 0.145 e. The first-order valence-corrected chi connectivity index (χ1v) is 33.8. The minimum absolute atomic E-state index is 0.884. The molecule has 18 aromatic rings. The Bertz CT molecular complexity index is 5970. The molecule has 18 rings (SSSR count). The molecule has 0 atom stereocenters. The normalized spacial score (nSPS) is 11.4. The van der Waals surface area contributed by atoms with Gasteiger partial charge in [-0.25, -0.2) is 15.0 Å². The molecule has 0 saturated heterocycles. The number of hydrogen-bond donors (Lipinski definition) is 0. The van der Waals surface area contributed by atoms with E-state index in [0.717, 1.165) is 118 Å². The predicted molar refractivity (Wildman–Crippen MR) is 414 cm³/mol. The van der Waals surface area contributed by atoms with Crippen LogP contribution in [0, 0.1) is 0 Å². The lowest BCUT2D eigenvalue weighted by atomic mass is 9.85. The van der Waals surface area contributed by atoms with Gasteiger partial charge in [-0.15, -0.1) is 0 Å². The third-order valence-corrected chi connectivity index (χ3v) is 19.4. The highest BCUT2D eigenvalue weighted by atomic mass is 15.1. The van der Waals surface area contributed by atoms with Crippen LogP contribution in [0.2, 0.25) is 0 Å². The van der Waals surface area contributed by atoms with Crippen LogP contribution >= 0.6 is 0 Å². The van der Waals surface area contributed by atoms with Gasteiger partial charge in [-0.3, -0.25) is 4.57 Å². The fraction of sp³-hybridized carbons (Fsp3) is 0. The van der Waals surface area contributed by atoms with Crippen molar-refractivity contribution in [2.24, 2.45) is 0 Å². The maximum atomic E-state index is 5.48. The van der Waals surface area contributed by atoms with Gasteiger partial charge in [-0.05, 0) is 171 Å². The van der Waals surface area contributed by atoms with Crippen molar-refractivity contribution in [3.63, 3.8) is 0 Å². The maximum absolute atomic E-state index is 5.48. The number of hydrogen-bond acceptors (Lipinski definition) is 3. The van der Waals surface area contributed by atoms with Crippen LogP contribution in [-0.2, 0) is 0 Å². The van der Waals surface area contributed by atoms with Crippen LogP contribution < -0.4 is 0 Å². The Kier molecular flexibility index (Phi) is 14.9. The van der Waals surface area contributed by atoms with Gasteiger partial charge in [0.15, 0.2) is 0 Å². The third-order valence-electron chi connectivity index (χ3n) is 19.4. The van der Waals surface area contributed by atoms with Crippen molar-refractivity contribution in [2.45, 2.75) is 0 Å². The van der Waals surface area contributed by atoms with E-state index < -0.39 is 0 Å². The van der Waals surface area contributed by atoms with E-state index in [1.54, 1.807) is 0 Å². The molecule has 0 bridgehead atoms. The fourth-order valence-corrected chi connectivity index (χ4v) is 14.4. The van der Waals surface area contributed by atoms with Crippen LogP contribution in [-0.4, -0.2) is 19.5 Å². The fourth-order valence-electron chi connectivity index (χ4n) is 14.4. The Hall–Kier alpha value is -13.2. The van der Waals surface area contributed by atoms with Gasteiger partial charge in [0.25, 0.3) is 0 Å². The summed E-state index contributed by atoms with van der Waals surface area (Å²) in [4.78, 5) is 16.1. The Morgan fingerprint density at radius 2 is 0.515 bits per heavy atom. The van der Waals surface area contributed by atoms with E-state index in [4.69, 9.17) is 15.0 Å². The van der Waals surface area contributed by atoms with Crippen molar-refractivity contribution in [3.05, 3.63) is 376 Å². The zero-order valence-corrected chi connectivity index (χ0v) is 54.1. The van der Waals surface area contributed by atoms with Crippen LogP contribution in [0.4, 0.5) is 0 Å². The van der Waals surface area contributed by atoms with E-state index in [1.165, 1.54) is 65.7 Å². The first-order chi connectivity index (χ1) is 49.0. The molecule has 99 heavy (non-hydrogen) atoms. The van der Waals surface area contributed by atoms with Gasteiger partial charge < -0.3 is 0 Å². The van der Waals surface area contributed by atoms with Gasteiger partial charge in [0, 0.05) is 33.5 Å². The Balaban J connectivity index is 0.709. The average molecular weight is 1260 g/mol. The summed E-state index contributed by atoms with van der Waals surface area (Å²) < 4.78 is 2.32. The topological polar surface area (TPSA) is 43.6 Å². The van der Waals surface area contributed by atoms with Crippen molar-refractivity contribution in [1.29, 1.82) is 0 Å². The molecule has 3 heterocycles. The van der Waals surface area contributed by atoms with E-state index >= 15 is 0 Å². The highest BCUT2D eigenvalue weighted by Crippen LogP contribution is 2.46. The molecule has 0 radical (unpaired) electrons. The quantitative estimate of drug-likeness (QED) is 0.108. The van der Waals surface area contributed by atoms with Crippen LogP contribution in [0.25, 0.3) is 183 Å². The van der Waals surface area contributed by atoms with E-state index in [2.05, 4.69) is 381 Å². The van der Waals surface area contributed by atoms with Crippen LogP contribution in [0.15, 0.2) is 376 Å². The van der Waals surface area contributed by atoms with Crippen molar-refractivity contribution in [3.8, 4) is 140 Å². The van der Waals surface area contributed by atoms with Gasteiger partial charge in [-0.2, -0.15) is 0 Å². The monoisotopic (exact) mass is 1260 g/mol. The number of rotatable bonds is 13. The molecule has 0 aliphatic carbocycles. The summed E-state index contributed by atoms with van der Waals surface area (Å²) in [5, 5.41) is 7.38. The minimum atomic E-state index is 0.884. The minimum Gasteiger partial charge on any atom is -0.292 e. The van der Waals surface area contributed by atoms with Gasteiger partial charge >= 0.3 is 0 Å². The van der Waals surface area contributed by atoms with Crippen molar-refractivity contribution >= 4 is 43.4 Å². The molecular weight excluding hydrogens is 1200 g/mol. The predicted octanol–water partition coefficient (Wildman–Crippen LogP) is 25.3. The average Bonchev–Trinajstić information content (AvgIpc) is 1.43. The van der Waals surface area contributed by atoms with Crippen LogP contribution in [0.3, 0.4) is 0 Å². The second-order valence-electron chi connectivity index (χ2n) is 25.5. The number of aromatic nitrogens is 4. The van der Waals surface area contributed by atoms with Crippen molar-refractivity contribution in [2.75, 3.05) is 0 Å². The second-order valence-corrected chi connectivity index (χ2v) is 25.5. The summed E-state index contributed by atoms with van der Waals surface area (Å²) in [5.74, 6) is 0.885. The summed E-state index contributed by atoms with van der Waals surface area (Å²) in [5.41, 5.74) is 27.9. The van der Waals surface area contributed by atoms with E-state index in [1.807, 2.05) is 0 Å². The summed E-state index contributed by atoms with van der Waals surface area (Å²) in [6.07, 6.45) is 0. The number of imidazole rings is 1. The zero-order chi connectivity index (χ0) is 65.6. The summed E-state index contributed by atoms with van der Waals surface area (Å²) in [6, 6.07) is 135. The summed E-state index contributed by atoms with van der Waals surface area (Å²) >= 11 is 0. The standard InChI is InChI=1S/C95H62N4/c1-5-20-63(21-6-1)66-36-43-70(44-37-66)89-59-80(58-88(96-89)69-25-9-3-10-26-69)76-30-19-31-77(56-76)81-60-90(71-45-38-67(39-46-71)64-22-7-2-8-23-64)97-91(61-81)72-47-40-68(41-48-72)78-52-55-87-92(62-78)99(95(98-87)74-27-11-4-12-28-74)82-53-50-73(51-54-82)93-83-32-15-17-34-85(83)94(86-35-18-16-33-84(86)93)79-49-42-65-24-13-14-29-75(65)57-79/h1-62H. The molecule has 0 aliphatic heterocycles. The number of benzene rings is 15. The number of pyridine rings is 2. The molecule has 3 aromatic heterocycles. The largest absolute Gasteiger partial charge is 0.292 e. The molecule has 0 N–H and O–H groups in total. The highest BCUT2D eigenvalue weighted by molar-refractivity contribution is 6.22. The first-order valence-electron chi connectivity index (χ1n) is 33.8. The molecule has 0 aliphatic rings. The summed E-state index contributed by atoms with van der Waals surface area (Å²) in [6.45, 7) is 0. The lowest BCUT2D eigenvalue weighted by Crippen LogP contribution is -1.98. The van der Waals surface area contributed by atoms with E-state index in [0.29, 0.717) is 0 Å². The molecule has 15 aromatic carbocycles. The van der Waals surface area contributed by atoms with Crippen LogP contribution in [0.1, 0.15) is 0 Å². The first kappa shape index (κ1) is 58.4. The third kappa shape index (κ3) is 11.2. The Labute approximate surface area is 575 Å². The van der Waals surface area contributed by atoms with E-state index in [-0.39, 0.29) is 0 Å². The molecule has 0 unspecified atom stereocenters. The Morgan fingerprint density at radius 3 is 1.00 bits per heavy atom. The lowest BCUT2D eigenvalue weighted by Gasteiger charge is -2.18. The van der Waals surface area contributed by atoms with Gasteiger partial charge in [-0.1, -0.05) is 315 Å². The van der Waals surface area contributed by atoms with Crippen molar-refractivity contribution < 1.29 is 0 Å². The molecule has 462 valence electrons. The number of nitrogens with zero attached hydrogens (tertiary/aromatic N) is 4. The smallest absolute Gasteiger partial charge is 0.145 e. The van der Waals surface area contributed by atoms with E-state index in [9.17, 15) is 0 Å².